The highest BCUT2D eigenvalue weighted by Crippen LogP contribution is 2.41. The van der Waals surface area contributed by atoms with Gasteiger partial charge in [0.2, 0.25) is 5.95 Å². The van der Waals surface area contributed by atoms with Crippen LogP contribution in [-0.4, -0.2) is 47.4 Å². The summed E-state index contributed by atoms with van der Waals surface area (Å²) in [5, 5.41) is 12.3. The number of aromatic nitrogens is 6. The molecule has 9 heteroatoms. The van der Waals surface area contributed by atoms with Gasteiger partial charge in [-0.15, -0.1) is 5.10 Å². The Bertz CT molecular complexity index is 1200. The first kappa shape index (κ1) is 16.7. The van der Waals surface area contributed by atoms with Crippen molar-refractivity contribution in [3.05, 3.63) is 36.8 Å². The number of anilines is 2. The lowest BCUT2D eigenvalue weighted by Gasteiger charge is -2.46. The maximum absolute atomic E-state index is 6.33. The van der Waals surface area contributed by atoms with E-state index < -0.39 is 0 Å². The molecule has 6 rings (SSSR count). The maximum Gasteiger partial charge on any atom is 0.243 e. The molecule has 2 aliphatic rings. The van der Waals surface area contributed by atoms with Crippen LogP contribution in [0.2, 0.25) is 0 Å². The van der Waals surface area contributed by atoms with Crippen LogP contribution in [0.4, 0.5) is 11.8 Å². The Morgan fingerprint density at radius 2 is 1.90 bits per heavy atom. The van der Waals surface area contributed by atoms with Crippen molar-refractivity contribution in [3.8, 4) is 11.3 Å². The summed E-state index contributed by atoms with van der Waals surface area (Å²) in [5.74, 6) is 0.999. The van der Waals surface area contributed by atoms with Gasteiger partial charge in [0, 0.05) is 30.1 Å². The van der Waals surface area contributed by atoms with Crippen LogP contribution in [0.1, 0.15) is 32.1 Å². The summed E-state index contributed by atoms with van der Waals surface area (Å²) in [6.07, 6.45) is 11.0. The Labute approximate surface area is 166 Å². The molecule has 1 saturated carbocycles. The van der Waals surface area contributed by atoms with Crippen molar-refractivity contribution >= 4 is 22.9 Å². The summed E-state index contributed by atoms with van der Waals surface area (Å²) in [7, 11) is 0. The first-order chi connectivity index (χ1) is 14.2. The fraction of sp³-hybridized carbons (Fsp3) is 0.400. The molecule has 2 fully saturated rings. The molecule has 0 aromatic carbocycles. The topological polar surface area (TPSA) is 108 Å². The van der Waals surface area contributed by atoms with Crippen LogP contribution in [0.25, 0.3) is 22.4 Å². The molecule has 0 radical (unpaired) electrons. The first-order valence-corrected chi connectivity index (χ1v) is 10.1. The molecule has 1 spiro atoms. The first-order valence-electron chi connectivity index (χ1n) is 10.1. The third-order valence-corrected chi connectivity index (χ3v) is 6.27. The number of ether oxygens (including phenoxy) is 1. The SMILES string of the molecule is Nc1nc(NC2CCC3(CCO3)CC2)nn2ccc(-c3ccn4nccc4n3)c12. The molecule has 0 bridgehead atoms. The summed E-state index contributed by atoms with van der Waals surface area (Å²) in [6.45, 7) is 0.910. The third kappa shape index (κ3) is 2.72. The van der Waals surface area contributed by atoms with Crippen LogP contribution in [0.5, 0.6) is 0 Å². The van der Waals surface area contributed by atoms with Crippen molar-refractivity contribution < 1.29 is 4.74 Å². The molecule has 3 N–H and O–H groups in total. The zero-order chi connectivity index (χ0) is 19.4. The number of fused-ring (bicyclic) bond motifs is 2. The quantitative estimate of drug-likeness (QED) is 0.553. The van der Waals surface area contributed by atoms with E-state index in [2.05, 4.69) is 25.5 Å². The van der Waals surface area contributed by atoms with Gasteiger partial charge in [0.25, 0.3) is 0 Å². The van der Waals surface area contributed by atoms with Crippen molar-refractivity contribution in [1.82, 2.24) is 29.2 Å². The zero-order valence-electron chi connectivity index (χ0n) is 16.0. The van der Waals surface area contributed by atoms with E-state index in [1.807, 2.05) is 30.6 Å². The summed E-state index contributed by atoms with van der Waals surface area (Å²) in [6, 6.07) is 6.11. The van der Waals surface area contributed by atoms with E-state index in [0.29, 0.717) is 17.8 Å². The van der Waals surface area contributed by atoms with Gasteiger partial charge in [-0.3, -0.25) is 0 Å². The molecule has 4 aromatic heterocycles. The lowest BCUT2D eigenvalue weighted by Crippen LogP contribution is -2.48. The van der Waals surface area contributed by atoms with E-state index in [0.717, 1.165) is 54.7 Å². The highest BCUT2D eigenvalue weighted by atomic mass is 16.5. The lowest BCUT2D eigenvalue weighted by atomic mass is 9.77. The zero-order valence-corrected chi connectivity index (χ0v) is 16.0. The van der Waals surface area contributed by atoms with Crippen LogP contribution in [0.15, 0.2) is 36.8 Å². The third-order valence-electron chi connectivity index (χ3n) is 6.27. The maximum atomic E-state index is 6.33. The molecule has 0 amide bonds. The average Bonchev–Trinajstić information content (AvgIpc) is 3.33. The van der Waals surface area contributed by atoms with E-state index in [9.17, 15) is 0 Å². The number of nitrogens with two attached hydrogens (primary N) is 1. The molecular formula is C20H22N8O. The highest BCUT2D eigenvalue weighted by molar-refractivity contribution is 5.86. The Hall–Kier alpha value is -3.20. The van der Waals surface area contributed by atoms with Gasteiger partial charge in [0.05, 0.1) is 24.1 Å². The van der Waals surface area contributed by atoms with Crippen molar-refractivity contribution in [2.75, 3.05) is 17.7 Å². The molecule has 148 valence electrons. The number of nitrogens with one attached hydrogen (secondary N) is 1. The minimum absolute atomic E-state index is 0.154. The molecule has 29 heavy (non-hydrogen) atoms. The van der Waals surface area contributed by atoms with Gasteiger partial charge in [-0.05, 0) is 44.2 Å². The summed E-state index contributed by atoms with van der Waals surface area (Å²) < 4.78 is 9.31. The van der Waals surface area contributed by atoms with Crippen LogP contribution in [0.3, 0.4) is 0 Å². The normalized spacial score (nSPS) is 24.2. The van der Waals surface area contributed by atoms with Gasteiger partial charge >= 0.3 is 0 Å². The largest absolute Gasteiger partial charge is 0.382 e. The molecule has 0 unspecified atom stereocenters. The minimum Gasteiger partial charge on any atom is -0.382 e. The van der Waals surface area contributed by atoms with Gasteiger partial charge in [-0.2, -0.15) is 10.1 Å². The van der Waals surface area contributed by atoms with Gasteiger partial charge in [0.15, 0.2) is 11.5 Å². The van der Waals surface area contributed by atoms with Crippen LogP contribution in [0, 0.1) is 0 Å². The number of rotatable bonds is 3. The van der Waals surface area contributed by atoms with Crippen molar-refractivity contribution in [2.45, 2.75) is 43.7 Å². The number of hydrogen-bond donors (Lipinski definition) is 2. The molecular weight excluding hydrogens is 368 g/mol. The molecule has 4 aromatic rings. The predicted molar refractivity (Wildman–Crippen MR) is 109 cm³/mol. The van der Waals surface area contributed by atoms with E-state index in [-0.39, 0.29) is 5.60 Å². The predicted octanol–water partition coefficient (Wildman–Crippen LogP) is 2.53. The molecule has 0 atom stereocenters. The molecule has 9 nitrogen and oxygen atoms in total. The Kier molecular flexibility index (Phi) is 3.55. The van der Waals surface area contributed by atoms with Crippen LogP contribution in [-0.2, 0) is 4.74 Å². The lowest BCUT2D eigenvalue weighted by molar-refractivity contribution is -0.165. The summed E-state index contributed by atoms with van der Waals surface area (Å²) in [5.41, 5.74) is 9.75. The van der Waals surface area contributed by atoms with Gasteiger partial charge in [0.1, 0.15) is 5.52 Å². The van der Waals surface area contributed by atoms with Gasteiger partial charge < -0.3 is 15.8 Å². The Morgan fingerprint density at radius 3 is 2.69 bits per heavy atom. The molecule has 1 aliphatic heterocycles. The monoisotopic (exact) mass is 390 g/mol. The second-order valence-electron chi connectivity index (χ2n) is 7.99. The fourth-order valence-electron chi connectivity index (χ4n) is 4.54. The average molecular weight is 390 g/mol. The van der Waals surface area contributed by atoms with E-state index in [4.69, 9.17) is 10.5 Å². The Balaban J connectivity index is 1.28. The minimum atomic E-state index is 0.154. The fourth-order valence-corrected chi connectivity index (χ4v) is 4.54. The molecule has 1 saturated heterocycles. The van der Waals surface area contributed by atoms with Crippen molar-refractivity contribution in [1.29, 1.82) is 0 Å². The number of nitrogen functional groups attached to an aromatic ring is 1. The van der Waals surface area contributed by atoms with Crippen molar-refractivity contribution in [3.63, 3.8) is 0 Å². The van der Waals surface area contributed by atoms with Crippen LogP contribution >= 0.6 is 0 Å². The van der Waals surface area contributed by atoms with E-state index >= 15 is 0 Å². The van der Waals surface area contributed by atoms with Crippen LogP contribution < -0.4 is 11.1 Å². The standard InChI is InChI=1S/C20H22N8O/c21-18-17-14(15-5-11-27-16(24-15)3-9-22-27)4-10-28(17)26-19(25-18)23-13-1-6-20(7-2-13)8-12-29-20/h3-5,9-11,13H,1-2,6-8,12H2,(H3,21,23,25,26). The number of hydrogen-bond acceptors (Lipinski definition) is 7. The highest BCUT2D eigenvalue weighted by Gasteiger charge is 2.41. The van der Waals surface area contributed by atoms with E-state index in [1.165, 1.54) is 6.42 Å². The van der Waals surface area contributed by atoms with Gasteiger partial charge in [-0.1, -0.05) is 0 Å². The number of nitrogens with zero attached hydrogens (tertiary/aromatic N) is 6. The molecule has 1 aliphatic carbocycles. The second kappa shape index (κ2) is 6.15. The molecule has 5 heterocycles. The summed E-state index contributed by atoms with van der Waals surface area (Å²) >= 11 is 0. The summed E-state index contributed by atoms with van der Waals surface area (Å²) in [4.78, 5) is 9.20. The smallest absolute Gasteiger partial charge is 0.243 e. The van der Waals surface area contributed by atoms with Crippen molar-refractivity contribution in [2.24, 2.45) is 0 Å². The Morgan fingerprint density at radius 1 is 1.07 bits per heavy atom. The van der Waals surface area contributed by atoms with E-state index in [1.54, 1.807) is 15.2 Å². The second-order valence-corrected chi connectivity index (χ2v) is 7.99. The van der Waals surface area contributed by atoms with Gasteiger partial charge in [-0.25, -0.2) is 14.0 Å².